The summed E-state index contributed by atoms with van der Waals surface area (Å²) in [4.78, 5) is 8.37. The molecule has 1 N–H and O–H groups in total. The summed E-state index contributed by atoms with van der Waals surface area (Å²) in [6.07, 6.45) is 0. The number of aromatic hydroxyl groups is 1. The van der Waals surface area contributed by atoms with Crippen LogP contribution in [0, 0.1) is 6.92 Å². The van der Waals surface area contributed by atoms with Crippen LogP contribution >= 0.6 is 27.5 Å². The summed E-state index contributed by atoms with van der Waals surface area (Å²) in [7, 11) is 0. The second-order valence-corrected chi connectivity index (χ2v) is 4.02. The van der Waals surface area contributed by atoms with E-state index in [2.05, 4.69) is 25.9 Å². The topological polar surface area (TPSA) is 46.0 Å². The van der Waals surface area contributed by atoms with Gasteiger partial charge in [-0.2, -0.15) is 0 Å². The molecule has 3 nitrogen and oxygen atoms in total. The normalized spacial score (nSPS) is 10.8. The molecule has 0 aliphatic carbocycles. The Kier molecular flexibility index (Phi) is 2.33. The van der Waals surface area contributed by atoms with Gasteiger partial charge in [0.05, 0.1) is 15.7 Å². The van der Waals surface area contributed by atoms with Gasteiger partial charge < -0.3 is 5.11 Å². The molecule has 1 aromatic carbocycles. The van der Waals surface area contributed by atoms with Crippen LogP contribution in [-0.2, 0) is 0 Å². The predicted molar refractivity (Wildman–Crippen MR) is 58.6 cm³/mol. The molecule has 5 heteroatoms. The third-order valence-electron chi connectivity index (χ3n) is 1.87. The number of rotatable bonds is 0. The largest absolute Gasteiger partial charge is 0.507 e. The summed E-state index contributed by atoms with van der Waals surface area (Å²) >= 11 is 9.07. The van der Waals surface area contributed by atoms with E-state index < -0.39 is 0 Å². The Morgan fingerprint density at radius 3 is 2.79 bits per heavy atom. The lowest BCUT2D eigenvalue weighted by Gasteiger charge is -2.03. The second kappa shape index (κ2) is 3.37. The van der Waals surface area contributed by atoms with E-state index in [4.69, 9.17) is 11.6 Å². The van der Waals surface area contributed by atoms with Crippen LogP contribution in [0.3, 0.4) is 0 Å². The molecule has 14 heavy (non-hydrogen) atoms. The zero-order valence-electron chi connectivity index (χ0n) is 7.25. The van der Waals surface area contributed by atoms with Crippen LogP contribution in [-0.4, -0.2) is 15.1 Å². The van der Waals surface area contributed by atoms with Gasteiger partial charge in [0.2, 0.25) is 0 Å². The number of phenols is 1. The molecule has 0 saturated carbocycles. The molecule has 2 aromatic rings. The Bertz CT molecular complexity index is 516. The van der Waals surface area contributed by atoms with Gasteiger partial charge in [0.15, 0.2) is 5.15 Å². The van der Waals surface area contributed by atoms with Crippen molar-refractivity contribution in [1.29, 1.82) is 0 Å². The fraction of sp³-hybridized carbons (Fsp3) is 0.111. The Hall–Kier alpha value is -0.870. The van der Waals surface area contributed by atoms with E-state index in [1.54, 1.807) is 19.1 Å². The molecule has 0 fully saturated rings. The summed E-state index contributed by atoms with van der Waals surface area (Å²) in [6, 6.07) is 3.22. The summed E-state index contributed by atoms with van der Waals surface area (Å²) in [5.41, 5.74) is 1.92. The van der Waals surface area contributed by atoms with Gasteiger partial charge >= 0.3 is 0 Å². The van der Waals surface area contributed by atoms with E-state index in [9.17, 15) is 5.11 Å². The minimum Gasteiger partial charge on any atom is -0.507 e. The summed E-state index contributed by atoms with van der Waals surface area (Å²) in [5.74, 6) is 0.147. The van der Waals surface area contributed by atoms with Crippen molar-refractivity contribution < 1.29 is 5.11 Å². The molecule has 0 radical (unpaired) electrons. The third kappa shape index (κ3) is 1.44. The maximum atomic E-state index is 9.43. The van der Waals surface area contributed by atoms with Gasteiger partial charge in [-0.05, 0) is 35.0 Å². The van der Waals surface area contributed by atoms with Gasteiger partial charge in [-0.25, -0.2) is 9.97 Å². The van der Waals surface area contributed by atoms with E-state index >= 15 is 0 Å². The van der Waals surface area contributed by atoms with Crippen LogP contribution in [0.25, 0.3) is 11.0 Å². The molecule has 0 saturated heterocycles. The molecular weight excluding hydrogens is 267 g/mol. The fourth-order valence-corrected chi connectivity index (χ4v) is 1.70. The average molecular weight is 274 g/mol. The van der Waals surface area contributed by atoms with Gasteiger partial charge in [0.1, 0.15) is 11.3 Å². The van der Waals surface area contributed by atoms with Crippen molar-refractivity contribution in [3.8, 4) is 5.75 Å². The molecule has 0 amide bonds. The molecule has 0 aliphatic heterocycles. The van der Waals surface area contributed by atoms with Crippen molar-refractivity contribution >= 4 is 38.6 Å². The fourth-order valence-electron chi connectivity index (χ4n) is 1.14. The van der Waals surface area contributed by atoms with Gasteiger partial charge in [-0.15, -0.1) is 0 Å². The number of nitrogens with zero attached hydrogens (tertiary/aromatic N) is 2. The van der Waals surface area contributed by atoms with Crippen LogP contribution in [0.1, 0.15) is 5.69 Å². The van der Waals surface area contributed by atoms with Crippen molar-refractivity contribution in [2.45, 2.75) is 6.92 Å². The van der Waals surface area contributed by atoms with Crippen molar-refractivity contribution in [1.82, 2.24) is 9.97 Å². The Morgan fingerprint density at radius 2 is 2.07 bits per heavy atom. The molecule has 0 spiro atoms. The highest BCUT2D eigenvalue weighted by atomic mass is 79.9. The molecule has 1 heterocycles. The number of halogens is 2. The highest BCUT2D eigenvalue weighted by Gasteiger charge is 2.08. The molecular formula is C9H6BrClN2O. The Balaban J connectivity index is 2.89. The highest BCUT2D eigenvalue weighted by molar-refractivity contribution is 9.10. The minimum absolute atomic E-state index is 0.147. The van der Waals surface area contributed by atoms with E-state index in [0.717, 1.165) is 0 Å². The van der Waals surface area contributed by atoms with Gasteiger partial charge in [0, 0.05) is 0 Å². The summed E-state index contributed by atoms with van der Waals surface area (Å²) in [5, 5.41) is 9.81. The van der Waals surface area contributed by atoms with Crippen LogP contribution in [0.2, 0.25) is 5.15 Å². The molecule has 0 atom stereocenters. The number of fused-ring (bicyclic) bond motifs is 1. The zero-order chi connectivity index (χ0) is 10.3. The van der Waals surface area contributed by atoms with Crippen LogP contribution in [0.5, 0.6) is 5.75 Å². The SMILES string of the molecule is Cc1nc2c(Br)c(O)ccc2nc1Cl. The van der Waals surface area contributed by atoms with E-state index in [0.29, 0.717) is 26.4 Å². The maximum absolute atomic E-state index is 9.43. The van der Waals surface area contributed by atoms with Crippen LogP contribution in [0.4, 0.5) is 0 Å². The summed E-state index contributed by atoms with van der Waals surface area (Å²) in [6.45, 7) is 1.77. The molecule has 0 unspecified atom stereocenters. The smallest absolute Gasteiger partial charge is 0.150 e. The van der Waals surface area contributed by atoms with Crippen molar-refractivity contribution in [3.63, 3.8) is 0 Å². The zero-order valence-corrected chi connectivity index (χ0v) is 9.59. The van der Waals surface area contributed by atoms with E-state index in [1.165, 1.54) is 0 Å². The minimum atomic E-state index is 0.147. The average Bonchev–Trinajstić information content (AvgIpc) is 2.15. The van der Waals surface area contributed by atoms with Crippen molar-refractivity contribution in [2.75, 3.05) is 0 Å². The molecule has 0 aliphatic rings. The van der Waals surface area contributed by atoms with Gasteiger partial charge in [0.25, 0.3) is 0 Å². The van der Waals surface area contributed by atoms with E-state index in [1.807, 2.05) is 0 Å². The van der Waals surface area contributed by atoms with Crippen molar-refractivity contribution in [3.05, 3.63) is 27.5 Å². The first-order chi connectivity index (χ1) is 6.59. The maximum Gasteiger partial charge on any atom is 0.150 e. The van der Waals surface area contributed by atoms with E-state index in [-0.39, 0.29) is 5.75 Å². The number of hydrogen-bond donors (Lipinski definition) is 1. The molecule has 72 valence electrons. The first-order valence-corrected chi connectivity index (χ1v) is 5.08. The quantitative estimate of drug-likeness (QED) is 0.802. The number of hydrogen-bond acceptors (Lipinski definition) is 3. The third-order valence-corrected chi connectivity index (χ3v) is 3.01. The monoisotopic (exact) mass is 272 g/mol. The molecule has 1 aromatic heterocycles. The Labute approximate surface area is 93.9 Å². The van der Waals surface area contributed by atoms with Crippen LogP contribution in [0.15, 0.2) is 16.6 Å². The number of benzene rings is 1. The number of phenolic OH excluding ortho intramolecular Hbond substituents is 1. The highest BCUT2D eigenvalue weighted by Crippen LogP contribution is 2.31. The lowest BCUT2D eigenvalue weighted by Crippen LogP contribution is -1.90. The molecule has 0 bridgehead atoms. The van der Waals surface area contributed by atoms with Gasteiger partial charge in [-0.1, -0.05) is 11.6 Å². The Morgan fingerprint density at radius 1 is 1.36 bits per heavy atom. The number of aryl methyl sites for hydroxylation is 1. The summed E-state index contributed by atoms with van der Waals surface area (Å²) < 4.78 is 0.544. The molecule has 2 rings (SSSR count). The van der Waals surface area contributed by atoms with Crippen LogP contribution < -0.4 is 0 Å². The lowest BCUT2D eigenvalue weighted by molar-refractivity contribution is 0.473. The van der Waals surface area contributed by atoms with Crippen molar-refractivity contribution in [2.24, 2.45) is 0 Å². The predicted octanol–water partition coefficient (Wildman–Crippen LogP) is 3.06. The lowest BCUT2D eigenvalue weighted by atomic mass is 10.3. The first-order valence-electron chi connectivity index (χ1n) is 3.91. The second-order valence-electron chi connectivity index (χ2n) is 2.87. The first kappa shape index (κ1) is 9.68. The van der Waals surface area contributed by atoms with Gasteiger partial charge in [-0.3, -0.25) is 0 Å². The standard InChI is InChI=1S/C9H6BrClN2O/c1-4-9(11)13-5-2-3-6(14)7(10)8(5)12-4/h2-3,14H,1H3. The number of aromatic nitrogens is 2.